The van der Waals surface area contributed by atoms with Crippen LogP contribution >= 0.6 is 0 Å². The fraction of sp³-hybridized carbons (Fsp3) is 0.938. The molecule has 0 radical (unpaired) electrons. The molecule has 0 aromatic heterocycles. The van der Waals surface area contributed by atoms with E-state index in [2.05, 4.69) is 11.8 Å². The van der Waals surface area contributed by atoms with E-state index in [1.165, 1.54) is 32.1 Å². The average molecular weight is 267 g/mol. The van der Waals surface area contributed by atoms with Crippen molar-refractivity contribution in [2.24, 2.45) is 11.3 Å². The van der Waals surface area contributed by atoms with Crippen molar-refractivity contribution in [2.75, 3.05) is 26.2 Å². The standard InChI is InChI=1S/C16H29NO2/c1-3-17-12-10-16(11-13-17,15(18)19-4-2)14-8-6-5-7-9-14/h14H,3-13H2,1-2H3. The molecule has 3 nitrogen and oxygen atoms in total. The molecule has 110 valence electrons. The second kappa shape index (κ2) is 6.74. The van der Waals surface area contributed by atoms with Crippen molar-refractivity contribution in [3.05, 3.63) is 0 Å². The Bertz CT molecular complexity index is 289. The van der Waals surface area contributed by atoms with Crippen LogP contribution in [0.4, 0.5) is 0 Å². The van der Waals surface area contributed by atoms with Gasteiger partial charge in [-0.2, -0.15) is 0 Å². The third kappa shape index (κ3) is 3.13. The largest absolute Gasteiger partial charge is 0.466 e. The first-order valence-corrected chi connectivity index (χ1v) is 8.12. The number of hydrogen-bond donors (Lipinski definition) is 0. The van der Waals surface area contributed by atoms with E-state index in [-0.39, 0.29) is 11.4 Å². The topological polar surface area (TPSA) is 29.5 Å². The lowest BCUT2D eigenvalue weighted by molar-refractivity contribution is -0.164. The lowest BCUT2D eigenvalue weighted by Gasteiger charge is -2.45. The van der Waals surface area contributed by atoms with Gasteiger partial charge >= 0.3 is 5.97 Å². The summed E-state index contributed by atoms with van der Waals surface area (Å²) in [5, 5.41) is 0. The summed E-state index contributed by atoms with van der Waals surface area (Å²) in [5.41, 5.74) is -0.165. The minimum absolute atomic E-state index is 0.0950. The highest BCUT2D eigenvalue weighted by molar-refractivity contribution is 5.77. The van der Waals surface area contributed by atoms with Crippen LogP contribution in [0.25, 0.3) is 0 Å². The highest BCUT2D eigenvalue weighted by Crippen LogP contribution is 2.46. The summed E-state index contributed by atoms with van der Waals surface area (Å²) < 4.78 is 5.45. The molecule has 0 unspecified atom stereocenters. The van der Waals surface area contributed by atoms with Crippen molar-refractivity contribution in [2.45, 2.75) is 58.8 Å². The Kier molecular flexibility index (Phi) is 5.26. The normalized spacial score (nSPS) is 25.2. The predicted octanol–water partition coefficient (Wildman–Crippen LogP) is 3.23. The van der Waals surface area contributed by atoms with Gasteiger partial charge in [0.1, 0.15) is 0 Å². The fourth-order valence-electron chi connectivity index (χ4n) is 3.98. The lowest BCUT2D eigenvalue weighted by Crippen LogP contribution is -2.49. The molecular formula is C16H29NO2. The molecule has 2 aliphatic rings. The van der Waals surface area contributed by atoms with Gasteiger partial charge in [0.05, 0.1) is 12.0 Å². The Balaban J connectivity index is 2.11. The number of rotatable bonds is 4. The van der Waals surface area contributed by atoms with Gasteiger partial charge in [0, 0.05) is 0 Å². The van der Waals surface area contributed by atoms with E-state index in [0.717, 1.165) is 32.5 Å². The van der Waals surface area contributed by atoms with E-state index in [4.69, 9.17) is 4.74 Å². The number of esters is 1. The van der Waals surface area contributed by atoms with E-state index in [1.54, 1.807) is 0 Å². The molecule has 1 saturated heterocycles. The van der Waals surface area contributed by atoms with E-state index in [1.807, 2.05) is 6.92 Å². The van der Waals surface area contributed by atoms with Gasteiger partial charge < -0.3 is 9.64 Å². The van der Waals surface area contributed by atoms with Gasteiger partial charge in [-0.15, -0.1) is 0 Å². The second-order valence-corrected chi connectivity index (χ2v) is 6.15. The number of carbonyl (C=O) groups is 1. The summed E-state index contributed by atoms with van der Waals surface area (Å²) >= 11 is 0. The third-order valence-corrected chi connectivity index (χ3v) is 5.26. The molecule has 0 atom stereocenters. The number of ether oxygens (including phenoxy) is 1. The van der Waals surface area contributed by atoms with Crippen molar-refractivity contribution >= 4 is 5.97 Å². The Morgan fingerprint density at radius 2 is 1.79 bits per heavy atom. The predicted molar refractivity (Wildman–Crippen MR) is 77.0 cm³/mol. The van der Waals surface area contributed by atoms with E-state index >= 15 is 0 Å². The molecule has 0 aromatic carbocycles. The molecule has 0 aromatic rings. The number of carbonyl (C=O) groups excluding carboxylic acids is 1. The van der Waals surface area contributed by atoms with Gasteiger partial charge in [-0.1, -0.05) is 26.2 Å². The van der Waals surface area contributed by atoms with Crippen LogP contribution in [0.15, 0.2) is 0 Å². The van der Waals surface area contributed by atoms with Crippen molar-refractivity contribution in [1.82, 2.24) is 4.90 Å². The smallest absolute Gasteiger partial charge is 0.312 e. The molecule has 0 bridgehead atoms. The summed E-state index contributed by atoms with van der Waals surface area (Å²) in [6, 6.07) is 0. The Morgan fingerprint density at radius 1 is 1.16 bits per heavy atom. The van der Waals surface area contributed by atoms with Crippen molar-refractivity contribution < 1.29 is 9.53 Å². The number of likely N-dealkylation sites (tertiary alicyclic amines) is 1. The molecule has 2 rings (SSSR count). The average Bonchev–Trinajstić information content (AvgIpc) is 2.48. The summed E-state index contributed by atoms with van der Waals surface area (Å²) in [6.45, 7) is 7.87. The third-order valence-electron chi connectivity index (χ3n) is 5.26. The minimum atomic E-state index is -0.165. The van der Waals surface area contributed by atoms with Crippen molar-refractivity contribution in [1.29, 1.82) is 0 Å². The Morgan fingerprint density at radius 3 is 2.32 bits per heavy atom. The molecular weight excluding hydrogens is 238 g/mol. The van der Waals surface area contributed by atoms with Crippen LogP contribution in [-0.4, -0.2) is 37.1 Å². The molecule has 1 aliphatic heterocycles. The molecule has 0 N–H and O–H groups in total. The van der Waals surface area contributed by atoms with Gasteiger partial charge in [0.25, 0.3) is 0 Å². The summed E-state index contributed by atoms with van der Waals surface area (Å²) in [7, 11) is 0. The molecule has 1 aliphatic carbocycles. The first-order valence-electron chi connectivity index (χ1n) is 8.12. The quantitative estimate of drug-likeness (QED) is 0.732. The molecule has 0 spiro atoms. The first kappa shape index (κ1) is 14.8. The second-order valence-electron chi connectivity index (χ2n) is 6.15. The van der Waals surface area contributed by atoms with Crippen LogP contribution in [-0.2, 0) is 9.53 Å². The SMILES string of the molecule is CCOC(=O)C1(C2CCCCC2)CCN(CC)CC1. The van der Waals surface area contributed by atoms with Gasteiger partial charge in [-0.25, -0.2) is 0 Å². The molecule has 2 fully saturated rings. The van der Waals surface area contributed by atoms with Crippen LogP contribution in [0.3, 0.4) is 0 Å². The van der Waals surface area contributed by atoms with Gasteiger partial charge in [-0.05, 0) is 58.2 Å². The number of hydrogen-bond acceptors (Lipinski definition) is 3. The maximum Gasteiger partial charge on any atom is 0.312 e. The van der Waals surface area contributed by atoms with Crippen LogP contribution in [0.1, 0.15) is 58.8 Å². The van der Waals surface area contributed by atoms with Gasteiger partial charge in [0.15, 0.2) is 0 Å². The van der Waals surface area contributed by atoms with Crippen LogP contribution in [0.5, 0.6) is 0 Å². The summed E-state index contributed by atoms with van der Waals surface area (Å²) in [4.78, 5) is 15.0. The summed E-state index contributed by atoms with van der Waals surface area (Å²) in [6.07, 6.45) is 8.40. The van der Waals surface area contributed by atoms with Gasteiger partial charge in [0.2, 0.25) is 0 Å². The molecule has 0 amide bonds. The molecule has 3 heteroatoms. The highest BCUT2D eigenvalue weighted by Gasteiger charge is 2.48. The van der Waals surface area contributed by atoms with Crippen molar-refractivity contribution in [3.8, 4) is 0 Å². The van der Waals surface area contributed by atoms with E-state index in [0.29, 0.717) is 12.5 Å². The summed E-state index contributed by atoms with van der Waals surface area (Å²) in [5.74, 6) is 0.664. The maximum atomic E-state index is 12.6. The first-order chi connectivity index (χ1) is 9.23. The van der Waals surface area contributed by atoms with Crippen molar-refractivity contribution in [3.63, 3.8) is 0 Å². The molecule has 1 saturated carbocycles. The number of piperidine rings is 1. The van der Waals surface area contributed by atoms with Gasteiger partial charge in [-0.3, -0.25) is 4.79 Å². The Hall–Kier alpha value is -0.570. The zero-order valence-electron chi connectivity index (χ0n) is 12.6. The molecule has 1 heterocycles. The monoisotopic (exact) mass is 267 g/mol. The lowest BCUT2D eigenvalue weighted by atomic mass is 9.63. The van der Waals surface area contributed by atoms with Crippen LogP contribution < -0.4 is 0 Å². The maximum absolute atomic E-state index is 12.6. The zero-order valence-corrected chi connectivity index (χ0v) is 12.6. The van der Waals surface area contributed by atoms with E-state index in [9.17, 15) is 4.79 Å². The zero-order chi connectivity index (χ0) is 13.7. The highest BCUT2D eigenvalue weighted by atomic mass is 16.5. The fourth-order valence-corrected chi connectivity index (χ4v) is 3.98. The number of nitrogens with zero attached hydrogens (tertiary/aromatic N) is 1. The molecule has 19 heavy (non-hydrogen) atoms. The minimum Gasteiger partial charge on any atom is -0.466 e. The van der Waals surface area contributed by atoms with E-state index < -0.39 is 0 Å². The van der Waals surface area contributed by atoms with Crippen LogP contribution in [0.2, 0.25) is 0 Å². The Labute approximate surface area is 117 Å². The van der Waals surface area contributed by atoms with Crippen LogP contribution in [0, 0.1) is 11.3 Å².